The van der Waals surface area contributed by atoms with Crippen molar-refractivity contribution in [3.8, 4) is 5.75 Å². The molecule has 3 aromatic rings. The van der Waals surface area contributed by atoms with Crippen molar-refractivity contribution in [2.45, 2.75) is 51.2 Å². The first-order chi connectivity index (χ1) is 18.0. The highest BCUT2D eigenvalue weighted by molar-refractivity contribution is 5.96. The fourth-order valence-corrected chi connectivity index (χ4v) is 5.39. The zero-order valence-corrected chi connectivity index (χ0v) is 21.4. The van der Waals surface area contributed by atoms with E-state index in [1.165, 1.54) is 25.2 Å². The Bertz CT molecular complexity index is 1310. The number of rotatable bonds is 8. The molecule has 1 N–H and O–H groups in total. The van der Waals surface area contributed by atoms with Crippen LogP contribution in [0.1, 0.15) is 36.8 Å². The zero-order valence-electron chi connectivity index (χ0n) is 21.4. The summed E-state index contributed by atoms with van der Waals surface area (Å²) in [7, 11) is 1.59. The smallest absolute Gasteiger partial charge is 0.159 e. The summed E-state index contributed by atoms with van der Waals surface area (Å²) in [5.41, 5.74) is 2.71. The van der Waals surface area contributed by atoms with E-state index < -0.39 is 0 Å². The van der Waals surface area contributed by atoms with E-state index in [1.807, 2.05) is 18.2 Å². The predicted molar refractivity (Wildman–Crippen MR) is 142 cm³/mol. The summed E-state index contributed by atoms with van der Waals surface area (Å²) in [5.74, 6) is 0.933. The Morgan fingerprint density at radius 2 is 2.11 bits per heavy atom. The molecule has 2 aromatic carbocycles. The molecule has 8 heteroatoms. The number of hydrogen-bond donors (Lipinski definition) is 1. The minimum Gasteiger partial charge on any atom is -0.496 e. The van der Waals surface area contributed by atoms with Crippen molar-refractivity contribution in [1.82, 2.24) is 14.9 Å². The van der Waals surface area contributed by atoms with Crippen LogP contribution in [0.5, 0.6) is 5.75 Å². The highest BCUT2D eigenvalue weighted by Crippen LogP contribution is 2.31. The van der Waals surface area contributed by atoms with Crippen LogP contribution in [0.3, 0.4) is 0 Å². The lowest BCUT2D eigenvalue weighted by Crippen LogP contribution is -2.52. The van der Waals surface area contributed by atoms with Crippen molar-refractivity contribution in [2.75, 3.05) is 32.1 Å². The summed E-state index contributed by atoms with van der Waals surface area (Å²) in [5, 5.41) is 4.01. The van der Waals surface area contributed by atoms with Gasteiger partial charge in [0, 0.05) is 48.3 Å². The number of halogens is 1. The van der Waals surface area contributed by atoms with Gasteiger partial charge in [-0.25, -0.2) is 14.4 Å². The first-order valence-corrected chi connectivity index (χ1v) is 12.9. The van der Waals surface area contributed by atoms with Crippen LogP contribution in [0.2, 0.25) is 0 Å². The first kappa shape index (κ1) is 25.3. The number of benzene rings is 2. The molecule has 1 saturated heterocycles. The molecular formula is C29H33FN4O3. The quantitative estimate of drug-likeness (QED) is 0.426. The summed E-state index contributed by atoms with van der Waals surface area (Å²) in [6.07, 6.45) is 10.4. The number of anilines is 2. The van der Waals surface area contributed by atoms with Gasteiger partial charge < -0.3 is 14.8 Å². The van der Waals surface area contributed by atoms with E-state index in [0.29, 0.717) is 34.8 Å². The van der Waals surface area contributed by atoms with E-state index in [2.05, 4.69) is 20.2 Å². The molecule has 2 fully saturated rings. The van der Waals surface area contributed by atoms with E-state index >= 15 is 0 Å². The highest BCUT2D eigenvalue weighted by Gasteiger charge is 2.33. The summed E-state index contributed by atoms with van der Waals surface area (Å²) >= 11 is 0. The molecule has 2 heterocycles. The second kappa shape index (κ2) is 11.4. The fourth-order valence-electron chi connectivity index (χ4n) is 5.39. The maximum atomic E-state index is 13.7. The van der Waals surface area contributed by atoms with Gasteiger partial charge in [0.15, 0.2) is 5.78 Å². The number of aromatic nitrogens is 2. The lowest BCUT2D eigenvalue weighted by atomic mass is 9.90. The van der Waals surface area contributed by atoms with Gasteiger partial charge in [0.2, 0.25) is 0 Å². The van der Waals surface area contributed by atoms with Crippen molar-refractivity contribution in [3.05, 3.63) is 65.8 Å². The molecule has 0 spiro atoms. The number of aryl methyl sites for hydroxylation is 1. The van der Waals surface area contributed by atoms with Crippen LogP contribution in [0.25, 0.3) is 10.9 Å². The summed E-state index contributed by atoms with van der Waals surface area (Å²) in [6, 6.07) is 8.99. The molecule has 0 bridgehead atoms. The van der Waals surface area contributed by atoms with Gasteiger partial charge in [-0.05, 0) is 55.7 Å². The SMILES string of the molecule is COc1cc2ncnc(Nc3ccc(F)c(C)c3)c2cc1CC(=O)/C=C/CN1CCOC2CCCCC21. The van der Waals surface area contributed by atoms with Crippen molar-refractivity contribution in [3.63, 3.8) is 0 Å². The molecule has 2 atom stereocenters. The Balaban J connectivity index is 1.31. The Kier molecular flexibility index (Phi) is 7.76. The van der Waals surface area contributed by atoms with Crippen LogP contribution in [-0.2, 0) is 16.0 Å². The molecule has 1 aliphatic heterocycles. The summed E-state index contributed by atoms with van der Waals surface area (Å²) in [4.78, 5) is 24.1. The standard InChI is InChI=1S/C29H33FN4O3/c1-19-14-21(9-10-24(19)30)33-29-23-16-20(28(36-2)17-25(23)31-18-32-29)15-22(35)6-5-11-34-12-13-37-27-8-4-3-7-26(27)34/h5-6,9-10,14,16-18,26-27H,3-4,7-8,11-13,15H2,1-2H3,(H,31,32,33)/b6-5+. The number of ketones is 1. The van der Waals surface area contributed by atoms with Gasteiger partial charge >= 0.3 is 0 Å². The van der Waals surface area contributed by atoms with Crippen molar-refractivity contribution in [1.29, 1.82) is 0 Å². The lowest BCUT2D eigenvalue weighted by Gasteiger charge is -2.43. The number of carbonyl (C=O) groups is 1. The van der Waals surface area contributed by atoms with Crippen LogP contribution in [0.4, 0.5) is 15.9 Å². The maximum absolute atomic E-state index is 13.7. The van der Waals surface area contributed by atoms with Gasteiger partial charge in [0.25, 0.3) is 0 Å². The number of allylic oxidation sites excluding steroid dienone is 1. The second-order valence-corrected chi connectivity index (χ2v) is 9.79. The van der Waals surface area contributed by atoms with Crippen molar-refractivity contribution < 1.29 is 18.7 Å². The third kappa shape index (κ3) is 5.81. The fraction of sp³-hybridized carbons (Fsp3) is 0.414. The van der Waals surface area contributed by atoms with E-state index in [-0.39, 0.29) is 18.0 Å². The Labute approximate surface area is 216 Å². The van der Waals surface area contributed by atoms with Gasteiger partial charge in [-0.1, -0.05) is 18.9 Å². The average molecular weight is 505 g/mol. The highest BCUT2D eigenvalue weighted by atomic mass is 19.1. The summed E-state index contributed by atoms with van der Waals surface area (Å²) < 4.78 is 25.2. The Morgan fingerprint density at radius 1 is 1.24 bits per heavy atom. The number of ether oxygens (including phenoxy) is 2. The molecule has 2 aliphatic rings. The number of nitrogens with zero attached hydrogens (tertiary/aromatic N) is 3. The van der Waals surface area contributed by atoms with Crippen LogP contribution >= 0.6 is 0 Å². The molecule has 0 radical (unpaired) electrons. The van der Waals surface area contributed by atoms with E-state index in [4.69, 9.17) is 9.47 Å². The molecule has 1 aliphatic carbocycles. The first-order valence-electron chi connectivity index (χ1n) is 12.9. The number of morpholine rings is 1. The van der Waals surface area contributed by atoms with Crippen LogP contribution in [-0.4, -0.2) is 59.6 Å². The number of hydrogen-bond acceptors (Lipinski definition) is 7. The van der Waals surface area contributed by atoms with E-state index in [0.717, 1.165) is 49.2 Å². The van der Waals surface area contributed by atoms with Crippen LogP contribution in [0, 0.1) is 12.7 Å². The summed E-state index contributed by atoms with van der Waals surface area (Å²) in [6.45, 7) is 4.13. The molecular weight excluding hydrogens is 471 g/mol. The molecule has 1 aromatic heterocycles. The topological polar surface area (TPSA) is 76.6 Å². The molecule has 37 heavy (non-hydrogen) atoms. The number of carbonyl (C=O) groups excluding carboxylic acids is 1. The monoisotopic (exact) mass is 504 g/mol. The van der Waals surface area contributed by atoms with Gasteiger partial charge in [-0.2, -0.15) is 0 Å². The van der Waals surface area contributed by atoms with Crippen molar-refractivity contribution in [2.24, 2.45) is 0 Å². The normalized spacial score (nSPS) is 20.2. The minimum atomic E-state index is -0.260. The third-order valence-corrected chi connectivity index (χ3v) is 7.31. The van der Waals surface area contributed by atoms with Gasteiger partial charge in [0.05, 0.1) is 25.3 Å². The van der Waals surface area contributed by atoms with Crippen LogP contribution < -0.4 is 10.1 Å². The van der Waals surface area contributed by atoms with Gasteiger partial charge in [-0.15, -0.1) is 0 Å². The van der Waals surface area contributed by atoms with E-state index in [9.17, 15) is 9.18 Å². The zero-order chi connectivity index (χ0) is 25.8. The second-order valence-electron chi connectivity index (χ2n) is 9.79. The van der Waals surface area contributed by atoms with E-state index in [1.54, 1.807) is 32.2 Å². The number of methoxy groups -OCH3 is 1. The van der Waals surface area contributed by atoms with Crippen LogP contribution in [0.15, 0.2) is 48.8 Å². The lowest BCUT2D eigenvalue weighted by molar-refractivity contribution is -0.114. The predicted octanol–water partition coefficient (Wildman–Crippen LogP) is 5.14. The molecule has 2 unspecified atom stereocenters. The maximum Gasteiger partial charge on any atom is 0.159 e. The molecule has 0 amide bonds. The Morgan fingerprint density at radius 3 is 2.95 bits per heavy atom. The average Bonchev–Trinajstić information content (AvgIpc) is 2.91. The van der Waals surface area contributed by atoms with Crippen molar-refractivity contribution >= 4 is 28.2 Å². The largest absolute Gasteiger partial charge is 0.496 e. The number of nitrogens with one attached hydrogen (secondary N) is 1. The molecule has 7 nitrogen and oxygen atoms in total. The number of fused-ring (bicyclic) bond motifs is 2. The van der Waals surface area contributed by atoms with Gasteiger partial charge in [-0.3, -0.25) is 9.69 Å². The Hall–Kier alpha value is -3.36. The molecule has 5 rings (SSSR count). The minimum absolute atomic E-state index is 0.00613. The third-order valence-electron chi connectivity index (χ3n) is 7.31. The molecule has 194 valence electrons. The molecule has 1 saturated carbocycles. The van der Waals surface area contributed by atoms with Gasteiger partial charge in [0.1, 0.15) is 23.7 Å².